The maximum absolute atomic E-state index is 12.5. The number of methoxy groups -OCH3 is 1. The normalized spacial score (nSPS) is 10.5. The summed E-state index contributed by atoms with van der Waals surface area (Å²) in [4.78, 5) is 24.4. The minimum atomic E-state index is -0.576. The van der Waals surface area contributed by atoms with Gasteiger partial charge in [-0.15, -0.1) is 5.10 Å². The van der Waals surface area contributed by atoms with Crippen LogP contribution in [0, 0.1) is 6.92 Å². The van der Waals surface area contributed by atoms with E-state index < -0.39 is 5.97 Å². The number of carbonyl (C=O) groups is 2. The number of rotatable bonds is 4. The Morgan fingerprint density at radius 2 is 1.92 bits per heavy atom. The number of ether oxygens (including phenoxy) is 1. The molecule has 0 bridgehead atoms. The van der Waals surface area contributed by atoms with E-state index in [-0.39, 0.29) is 11.6 Å². The highest BCUT2D eigenvalue weighted by Gasteiger charge is 2.22. The Morgan fingerprint density at radius 1 is 1.20 bits per heavy atom. The van der Waals surface area contributed by atoms with Crippen LogP contribution in [0.5, 0.6) is 0 Å². The molecule has 25 heavy (non-hydrogen) atoms. The van der Waals surface area contributed by atoms with Crippen molar-refractivity contribution >= 4 is 17.6 Å². The van der Waals surface area contributed by atoms with E-state index in [0.29, 0.717) is 22.6 Å². The standard InChI is InChI=1S/C15H15N7O3/c1-9-12(13(15(24)25-3)21(2)18-9)17-14(23)10-4-6-11(7-5-10)22-8-16-19-20-22/h4-8H,1-3H3,(H,17,23). The number of nitrogens with zero attached hydrogens (tertiary/aromatic N) is 6. The fraction of sp³-hybridized carbons (Fsp3) is 0.200. The van der Waals surface area contributed by atoms with Crippen molar-refractivity contribution < 1.29 is 14.3 Å². The van der Waals surface area contributed by atoms with Gasteiger partial charge in [-0.25, -0.2) is 9.48 Å². The quantitative estimate of drug-likeness (QED) is 0.696. The molecule has 0 aliphatic heterocycles. The number of aryl methyl sites for hydroxylation is 2. The Morgan fingerprint density at radius 3 is 2.52 bits per heavy atom. The van der Waals surface area contributed by atoms with E-state index in [1.165, 1.54) is 22.8 Å². The molecule has 0 aliphatic rings. The Hall–Kier alpha value is -3.56. The van der Waals surface area contributed by atoms with Crippen LogP contribution in [0.25, 0.3) is 5.69 Å². The first-order valence-electron chi connectivity index (χ1n) is 7.28. The second-order valence-corrected chi connectivity index (χ2v) is 5.18. The molecular weight excluding hydrogens is 326 g/mol. The van der Waals surface area contributed by atoms with E-state index in [1.54, 1.807) is 38.2 Å². The van der Waals surface area contributed by atoms with Crippen LogP contribution in [0.1, 0.15) is 26.5 Å². The van der Waals surface area contributed by atoms with Gasteiger partial charge in [0.15, 0.2) is 5.69 Å². The van der Waals surface area contributed by atoms with Crippen molar-refractivity contribution in [1.29, 1.82) is 0 Å². The van der Waals surface area contributed by atoms with Crippen LogP contribution in [-0.4, -0.2) is 49.0 Å². The van der Waals surface area contributed by atoms with Crippen LogP contribution in [0.4, 0.5) is 5.69 Å². The van der Waals surface area contributed by atoms with Crippen LogP contribution in [0.2, 0.25) is 0 Å². The molecule has 0 saturated heterocycles. The van der Waals surface area contributed by atoms with Crippen molar-refractivity contribution in [1.82, 2.24) is 30.0 Å². The van der Waals surface area contributed by atoms with Gasteiger partial charge in [-0.05, 0) is 41.6 Å². The molecule has 2 heterocycles. The summed E-state index contributed by atoms with van der Waals surface area (Å²) in [5, 5.41) is 17.8. The molecule has 1 aromatic carbocycles. The molecule has 3 aromatic rings. The number of anilines is 1. The maximum Gasteiger partial charge on any atom is 0.358 e. The molecular formula is C15H15N7O3. The molecule has 0 saturated carbocycles. The van der Waals surface area contributed by atoms with Gasteiger partial charge in [-0.2, -0.15) is 5.10 Å². The Balaban J connectivity index is 1.84. The van der Waals surface area contributed by atoms with Gasteiger partial charge in [0.1, 0.15) is 6.33 Å². The number of hydrogen-bond donors (Lipinski definition) is 1. The first kappa shape index (κ1) is 16.3. The number of nitrogens with one attached hydrogen (secondary N) is 1. The smallest absolute Gasteiger partial charge is 0.358 e. The molecule has 0 spiro atoms. The van der Waals surface area contributed by atoms with Gasteiger partial charge in [0.05, 0.1) is 24.2 Å². The second kappa shape index (κ2) is 6.51. The largest absolute Gasteiger partial charge is 0.464 e. The molecule has 0 aliphatic carbocycles. The van der Waals surface area contributed by atoms with E-state index >= 15 is 0 Å². The number of hydrogen-bond acceptors (Lipinski definition) is 7. The average molecular weight is 341 g/mol. The molecule has 0 radical (unpaired) electrons. The van der Waals surface area contributed by atoms with Crippen molar-refractivity contribution in [2.45, 2.75) is 6.92 Å². The fourth-order valence-corrected chi connectivity index (χ4v) is 2.37. The van der Waals surface area contributed by atoms with Gasteiger partial charge >= 0.3 is 5.97 Å². The summed E-state index contributed by atoms with van der Waals surface area (Å²) in [5.41, 5.74) is 2.15. The number of aromatic nitrogens is 6. The zero-order chi connectivity index (χ0) is 18.0. The van der Waals surface area contributed by atoms with Gasteiger partial charge in [-0.1, -0.05) is 0 Å². The van der Waals surface area contributed by atoms with E-state index in [0.717, 1.165) is 0 Å². The van der Waals surface area contributed by atoms with Crippen molar-refractivity contribution in [3.63, 3.8) is 0 Å². The summed E-state index contributed by atoms with van der Waals surface area (Å²) in [6.45, 7) is 1.70. The van der Waals surface area contributed by atoms with E-state index in [9.17, 15) is 9.59 Å². The molecule has 0 atom stereocenters. The molecule has 0 unspecified atom stereocenters. The van der Waals surface area contributed by atoms with Crippen molar-refractivity contribution in [3.05, 3.63) is 47.5 Å². The lowest BCUT2D eigenvalue weighted by Crippen LogP contribution is -2.17. The van der Waals surface area contributed by atoms with E-state index in [2.05, 4.69) is 25.9 Å². The highest BCUT2D eigenvalue weighted by molar-refractivity contribution is 6.08. The predicted octanol–water partition coefficient (Wildman–Crippen LogP) is 0.743. The first-order valence-corrected chi connectivity index (χ1v) is 7.28. The number of carbonyl (C=O) groups excluding carboxylic acids is 2. The van der Waals surface area contributed by atoms with Gasteiger partial charge < -0.3 is 10.1 Å². The second-order valence-electron chi connectivity index (χ2n) is 5.18. The minimum absolute atomic E-state index is 0.179. The van der Waals surface area contributed by atoms with Crippen LogP contribution >= 0.6 is 0 Å². The number of benzene rings is 1. The lowest BCUT2D eigenvalue weighted by Gasteiger charge is -2.08. The molecule has 2 aromatic heterocycles. The summed E-state index contributed by atoms with van der Waals surface area (Å²) >= 11 is 0. The molecule has 3 rings (SSSR count). The number of tetrazole rings is 1. The molecule has 0 fully saturated rings. The topological polar surface area (TPSA) is 117 Å². The molecule has 1 amide bonds. The molecule has 10 heteroatoms. The Labute approximate surface area is 142 Å². The Kier molecular flexibility index (Phi) is 4.25. The molecule has 128 valence electrons. The number of esters is 1. The van der Waals surface area contributed by atoms with Crippen LogP contribution in [0.15, 0.2) is 30.6 Å². The van der Waals surface area contributed by atoms with Gasteiger partial charge in [0, 0.05) is 12.6 Å². The van der Waals surface area contributed by atoms with Gasteiger partial charge in [-0.3, -0.25) is 9.48 Å². The third kappa shape index (κ3) is 3.09. The maximum atomic E-state index is 12.5. The van der Waals surface area contributed by atoms with Crippen molar-refractivity contribution in [3.8, 4) is 5.69 Å². The predicted molar refractivity (Wildman–Crippen MR) is 86.4 cm³/mol. The third-order valence-electron chi connectivity index (χ3n) is 3.58. The van der Waals surface area contributed by atoms with Crippen molar-refractivity contribution in [2.75, 3.05) is 12.4 Å². The van der Waals surface area contributed by atoms with Gasteiger partial charge in [0.2, 0.25) is 0 Å². The van der Waals surface area contributed by atoms with Crippen LogP contribution < -0.4 is 5.32 Å². The number of amides is 1. The lowest BCUT2D eigenvalue weighted by atomic mass is 10.2. The monoisotopic (exact) mass is 341 g/mol. The van der Waals surface area contributed by atoms with E-state index in [1.807, 2.05) is 0 Å². The summed E-state index contributed by atoms with van der Waals surface area (Å²) in [7, 11) is 2.88. The fourth-order valence-electron chi connectivity index (χ4n) is 2.37. The zero-order valence-electron chi connectivity index (χ0n) is 13.8. The summed E-state index contributed by atoms with van der Waals surface area (Å²) in [6.07, 6.45) is 1.46. The lowest BCUT2D eigenvalue weighted by molar-refractivity contribution is 0.0589. The van der Waals surface area contributed by atoms with Crippen LogP contribution in [0.3, 0.4) is 0 Å². The average Bonchev–Trinajstić information content (AvgIpc) is 3.23. The van der Waals surface area contributed by atoms with Gasteiger partial charge in [0.25, 0.3) is 5.91 Å². The molecule has 1 N–H and O–H groups in total. The Bertz CT molecular complexity index is 914. The SMILES string of the molecule is COC(=O)c1c(NC(=O)c2ccc(-n3cnnn3)cc2)c(C)nn1C. The molecule has 10 nitrogen and oxygen atoms in total. The van der Waals surface area contributed by atoms with Crippen molar-refractivity contribution in [2.24, 2.45) is 7.05 Å². The highest BCUT2D eigenvalue weighted by atomic mass is 16.5. The summed E-state index contributed by atoms with van der Waals surface area (Å²) in [6, 6.07) is 6.69. The van der Waals surface area contributed by atoms with E-state index in [4.69, 9.17) is 4.74 Å². The summed E-state index contributed by atoms with van der Waals surface area (Å²) in [5.74, 6) is -0.947. The van der Waals surface area contributed by atoms with Crippen LogP contribution in [-0.2, 0) is 11.8 Å². The third-order valence-corrected chi connectivity index (χ3v) is 3.58. The highest BCUT2D eigenvalue weighted by Crippen LogP contribution is 2.21. The minimum Gasteiger partial charge on any atom is -0.464 e. The first-order chi connectivity index (χ1) is 12.0. The summed E-state index contributed by atoms with van der Waals surface area (Å²) < 4.78 is 7.59. The zero-order valence-corrected chi connectivity index (χ0v) is 13.8.